The summed E-state index contributed by atoms with van der Waals surface area (Å²) in [7, 11) is 0. The highest BCUT2D eigenvalue weighted by Gasteiger charge is 2.59. The van der Waals surface area contributed by atoms with Crippen LogP contribution < -0.4 is 0 Å². The second kappa shape index (κ2) is 5.95. The van der Waals surface area contributed by atoms with E-state index in [1.165, 1.54) is 0 Å². The SMILES string of the molecule is CCOC(=O)C1([C@@H]2CC(=O)N(C=Cc3ccccc3)C2)CC1. The molecule has 1 heterocycles. The van der Waals surface area contributed by atoms with Crippen molar-refractivity contribution in [2.24, 2.45) is 11.3 Å². The maximum atomic E-state index is 12.2. The molecule has 1 aliphatic heterocycles. The first-order valence-corrected chi connectivity index (χ1v) is 7.85. The normalized spacial score (nSPS) is 23.0. The van der Waals surface area contributed by atoms with Gasteiger partial charge < -0.3 is 9.64 Å². The predicted molar refractivity (Wildman–Crippen MR) is 83.6 cm³/mol. The maximum Gasteiger partial charge on any atom is 0.312 e. The molecule has 4 nitrogen and oxygen atoms in total. The third-order valence-electron chi connectivity index (χ3n) is 4.66. The first kappa shape index (κ1) is 14.8. The smallest absolute Gasteiger partial charge is 0.312 e. The van der Waals surface area contributed by atoms with Crippen molar-refractivity contribution in [3.63, 3.8) is 0 Å². The van der Waals surface area contributed by atoms with E-state index in [-0.39, 0.29) is 17.8 Å². The Labute approximate surface area is 130 Å². The number of esters is 1. The van der Waals surface area contributed by atoms with Gasteiger partial charge in [0.25, 0.3) is 0 Å². The Morgan fingerprint density at radius 3 is 2.73 bits per heavy atom. The zero-order valence-corrected chi connectivity index (χ0v) is 12.8. The molecule has 22 heavy (non-hydrogen) atoms. The topological polar surface area (TPSA) is 46.6 Å². The van der Waals surface area contributed by atoms with Crippen LogP contribution in [0.2, 0.25) is 0 Å². The highest BCUT2D eigenvalue weighted by atomic mass is 16.5. The lowest BCUT2D eigenvalue weighted by Gasteiger charge is -2.20. The van der Waals surface area contributed by atoms with Crippen LogP contribution in [0.25, 0.3) is 6.08 Å². The first-order chi connectivity index (χ1) is 10.7. The summed E-state index contributed by atoms with van der Waals surface area (Å²) in [5.41, 5.74) is 0.659. The van der Waals surface area contributed by atoms with E-state index >= 15 is 0 Å². The molecule has 0 radical (unpaired) electrons. The summed E-state index contributed by atoms with van der Waals surface area (Å²) in [6.07, 6.45) is 5.90. The van der Waals surface area contributed by atoms with Gasteiger partial charge in [0, 0.05) is 25.1 Å². The van der Waals surface area contributed by atoms with Gasteiger partial charge in [-0.1, -0.05) is 30.3 Å². The number of ether oxygens (including phenoxy) is 1. The molecule has 4 heteroatoms. The number of rotatable bonds is 5. The summed E-state index contributed by atoms with van der Waals surface area (Å²) in [4.78, 5) is 26.1. The summed E-state index contributed by atoms with van der Waals surface area (Å²) >= 11 is 0. The van der Waals surface area contributed by atoms with Crippen LogP contribution in [0.15, 0.2) is 36.5 Å². The predicted octanol–water partition coefficient (Wildman–Crippen LogP) is 2.85. The molecule has 0 N–H and O–H groups in total. The Hall–Kier alpha value is -2.10. The fourth-order valence-corrected chi connectivity index (χ4v) is 3.17. The van der Waals surface area contributed by atoms with Crippen molar-refractivity contribution in [1.29, 1.82) is 0 Å². The Morgan fingerprint density at radius 2 is 2.09 bits per heavy atom. The van der Waals surface area contributed by atoms with E-state index in [1.807, 2.05) is 49.5 Å². The zero-order valence-electron chi connectivity index (χ0n) is 12.8. The Bertz CT molecular complexity index is 590. The molecule has 3 rings (SSSR count). The van der Waals surface area contributed by atoms with Gasteiger partial charge in [0.1, 0.15) is 0 Å². The molecule has 1 atom stereocenters. The van der Waals surface area contributed by atoms with E-state index in [1.54, 1.807) is 4.90 Å². The minimum Gasteiger partial charge on any atom is -0.466 e. The fourth-order valence-electron chi connectivity index (χ4n) is 3.17. The highest BCUT2D eigenvalue weighted by molar-refractivity contribution is 5.85. The van der Waals surface area contributed by atoms with Crippen LogP contribution in [-0.2, 0) is 14.3 Å². The lowest BCUT2D eigenvalue weighted by atomic mass is 9.88. The van der Waals surface area contributed by atoms with Crippen LogP contribution in [0.1, 0.15) is 31.7 Å². The largest absolute Gasteiger partial charge is 0.466 e. The van der Waals surface area contributed by atoms with Crippen molar-refractivity contribution in [2.75, 3.05) is 13.2 Å². The number of hydrogen-bond donors (Lipinski definition) is 0. The minimum atomic E-state index is -0.402. The Morgan fingerprint density at radius 1 is 1.36 bits per heavy atom. The molecule has 0 bridgehead atoms. The van der Waals surface area contributed by atoms with Gasteiger partial charge in [-0.2, -0.15) is 0 Å². The van der Waals surface area contributed by atoms with Gasteiger partial charge >= 0.3 is 5.97 Å². The number of likely N-dealkylation sites (tertiary alicyclic amines) is 1. The standard InChI is InChI=1S/C18H21NO3/c1-2-22-17(21)18(9-10-18)15-12-16(20)19(13-15)11-8-14-6-4-3-5-7-14/h3-8,11,15H,2,9-10,12-13H2,1H3/t15-/m1/s1. The summed E-state index contributed by atoms with van der Waals surface area (Å²) in [6.45, 7) is 2.84. The average molecular weight is 299 g/mol. The van der Waals surface area contributed by atoms with Gasteiger partial charge in [-0.25, -0.2) is 0 Å². The van der Waals surface area contributed by atoms with Crippen LogP contribution in [-0.4, -0.2) is 29.9 Å². The lowest BCUT2D eigenvalue weighted by Crippen LogP contribution is -2.29. The highest BCUT2D eigenvalue weighted by Crippen LogP contribution is 2.55. The molecule has 1 aliphatic carbocycles. The number of hydrogen-bond acceptors (Lipinski definition) is 3. The number of amides is 1. The summed E-state index contributed by atoms with van der Waals surface area (Å²) < 4.78 is 5.19. The van der Waals surface area contributed by atoms with Crippen LogP contribution in [0.4, 0.5) is 0 Å². The van der Waals surface area contributed by atoms with Crippen molar-refractivity contribution in [3.8, 4) is 0 Å². The monoisotopic (exact) mass is 299 g/mol. The molecule has 2 fully saturated rings. The van der Waals surface area contributed by atoms with Crippen molar-refractivity contribution in [2.45, 2.75) is 26.2 Å². The fraction of sp³-hybridized carbons (Fsp3) is 0.444. The molecule has 0 aromatic heterocycles. The quantitative estimate of drug-likeness (QED) is 0.785. The zero-order chi connectivity index (χ0) is 15.6. The molecule has 1 aromatic rings. The third-order valence-corrected chi connectivity index (χ3v) is 4.66. The average Bonchev–Trinajstić information content (AvgIpc) is 3.26. The molecule has 1 aromatic carbocycles. The van der Waals surface area contributed by atoms with E-state index < -0.39 is 5.41 Å². The third kappa shape index (κ3) is 2.78. The van der Waals surface area contributed by atoms with Gasteiger partial charge in [-0.05, 0) is 31.4 Å². The second-order valence-electron chi connectivity index (χ2n) is 6.05. The van der Waals surface area contributed by atoms with Gasteiger partial charge in [-0.15, -0.1) is 0 Å². The second-order valence-corrected chi connectivity index (χ2v) is 6.05. The van der Waals surface area contributed by atoms with Gasteiger partial charge in [0.2, 0.25) is 5.91 Å². The van der Waals surface area contributed by atoms with E-state index in [4.69, 9.17) is 4.74 Å². The van der Waals surface area contributed by atoms with Crippen LogP contribution in [0.5, 0.6) is 0 Å². The molecule has 2 aliphatic rings. The summed E-state index contributed by atoms with van der Waals surface area (Å²) in [5.74, 6) is 0.0499. The van der Waals surface area contributed by atoms with Crippen LogP contribution in [0, 0.1) is 11.3 Å². The van der Waals surface area contributed by atoms with E-state index in [2.05, 4.69) is 0 Å². The van der Waals surface area contributed by atoms with Crippen molar-refractivity contribution < 1.29 is 14.3 Å². The Kier molecular flexibility index (Phi) is 4.01. The molecule has 0 spiro atoms. The molecule has 1 amide bonds. The molecule has 1 saturated heterocycles. The van der Waals surface area contributed by atoms with Gasteiger partial charge in [0.15, 0.2) is 0 Å². The van der Waals surface area contributed by atoms with Crippen LogP contribution >= 0.6 is 0 Å². The molecule has 1 saturated carbocycles. The van der Waals surface area contributed by atoms with Crippen molar-refractivity contribution in [3.05, 3.63) is 42.1 Å². The molecule has 116 valence electrons. The number of nitrogens with zero attached hydrogens (tertiary/aromatic N) is 1. The summed E-state index contributed by atoms with van der Waals surface area (Å²) in [6, 6.07) is 9.89. The van der Waals surface area contributed by atoms with Crippen molar-refractivity contribution in [1.82, 2.24) is 4.90 Å². The number of carbonyl (C=O) groups excluding carboxylic acids is 2. The van der Waals surface area contributed by atoms with Gasteiger partial charge in [0.05, 0.1) is 12.0 Å². The van der Waals surface area contributed by atoms with Gasteiger partial charge in [-0.3, -0.25) is 9.59 Å². The lowest BCUT2D eigenvalue weighted by molar-refractivity contribution is -0.151. The Balaban J connectivity index is 1.66. The molecular formula is C18H21NO3. The van der Waals surface area contributed by atoms with E-state index in [9.17, 15) is 9.59 Å². The molecule has 0 unspecified atom stereocenters. The first-order valence-electron chi connectivity index (χ1n) is 7.85. The maximum absolute atomic E-state index is 12.2. The van der Waals surface area contributed by atoms with E-state index in [0.29, 0.717) is 19.6 Å². The number of benzene rings is 1. The van der Waals surface area contributed by atoms with Crippen molar-refractivity contribution >= 4 is 18.0 Å². The minimum absolute atomic E-state index is 0.0828. The molecular weight excluding hydrogens is 278 g/mol. The van der Waals surface area contributed by atoms with Crippen LogP contribution in [0.3, 0.4) is 0 Å². The van der Waals surface area contributed by atoms with E-state index in [0.717, 1.165) is 18.4 Å². The number of carbonyl (C=O) groups is 2. The summed E-state index contributed by atoms with van der Waals surface area (Å²) in [5, 5.41) is 0.